The van der Waals surface area contributed by atoms with E-state index in [0.29, 0.717) is 28.4 Å². The third kappa shape index (κ3) is 4.59. The number of carbonyl (C=O) groups is 1. The molecule has 28 heavy (non-hydrogen) atoms. The topological polar surface area (TPSA) is 65.7 Å². The lowest BCUT2D eigenvalue weighted by atomic mass is 10.1. The van der Waals surface area contributed by atoms with Gasteiger partial charge in [-0.3, -0.25) is 9.69 Å². The zero-order chi connectivity index (χ0) is 19.5. The minimum atomic E-state index is 0.242. The second kappa shape index (κ2) is 8.68. The summed E-state index contributed by atoms with van der Waals surface area (Å²) in [6.07, 6.45) is 3.48. The summed E-state index contributed by atoms with van der Waals surface area (Å²) in [5.41, 5.74) is 0.721. The Hall–Kier alpha value is -1.83. The Morgan fingerprint density at radius 1 is 0.964 bits per heavy atom. The lowest BCUT2D eigenvalue weighted by Gasteiger charge is -2.35. The van der Waals surface area contributed by atoms with E-state index in [1.807, 2.05) is 9.80 Å². The summed E-state index contributed by atoms with van der Waals surface area (Å²) in [6.45, 7) is 5.36. The van der Waals surface area contributed by atoms with Gasteiger partial charge in [-0.15, -0.1) is 0 Å². The van der Waals surface area contributed by atoms with E-state index in [-0.39, 0.29) is 5.91 Å². The van der Waals surface area contributed by atoms with Crippen molar-refractivity contribution < 1.29 is 9.32 Å². The molecule has 9 heteroatoms. The summed E-state index contributed by atoms with van der Waals surface area (Å²) in [7, 11) is 0. The van der Waals surface area contributed by atoms with E-state index in [1.54, 1.807) is 18.2 Å². The average molecular weight is 424 g/mol. The molecule has 2 fully saturated rings. The maximum absolute atomic E-state index is 12.4. The molecule has 0 bridgehead atoms. The molecule has 7 nitrogen and oxygen atoms in total. The highest BCUT2D eigenvalue weighted by atomic mass is 35.5. The Morgan fingerprint density at radius 3 is 2.32 bits per heavy atom. The number of benzene rings is 1. The quantitative estimate of drug-likeness (QED) is 0.751. The molecule has 0 saturated carbocycles. The number of piperidine rings is 1. The van der Waals surface area contributed by atoms with Crippen LogP contribution in [0.5, 0.6) is 0 Å². The lowest BCUT2D eigenvalue weighted by Crippen LogP contribution is -2.50. The zero-order valence-electron chi connectivity index (χ0n) is 15.6. The summed E-state index contributed by atoms with van der Waals surface area (Å²) in [5, 5.41) is 5.11. The van der Waals surface area contributed by atoms with Gasteiger partial charge in [0.25, 0.3) is 0 Å². The normalized spacial score (nSPS) is 18.5. The number of hydrogen-bond donors (Lipinski definition) is 0. The van der Waals surface area contributed by atoms with Crippen LogP contribution in [-0.4, -0.2) is 71.7 Å². The molecule has 0 N–H and O–H groups in total. The third-order valence-corrected chi connectivity index (χ3v) is 5.68. The molecule has 0 atom stereocenters. The van der Waals surface area contributed by atoms with Crippen LogP contribution in [0.25, 0.3) is 11.4 Å². The number of hydrogen-bond acceptors (Lipinski definition) is 6. The number of likely N-dealkylation sites (tertiary alicyclic amines) is 1. The van der Waals surface area contributed by atoms with Crippen molar-refractivity contribution in [2.45, 2.75) is 19.3 Å². The Balaban J connectivity index is 1.33. The maximum Gasteiger partial charge on any atom is 0.324 e. The average Bonchev–Trinajstić information content (AvgIpc) is 3.19. The van der Waals surface area contributed by atoms with Crippen molar-refractivity contribution in [2.24, 2.45) is 0 Å². The van der Waals surface area contributed by atoms with Gasteiger partial charge in [0, 0.05) is 54.9 Å². The summed E-state index contributed by atoms with van der Waals surface area (Å²) < 4.78 is 5.43. The van der Waals surface area contributed by atoms with Crippen molar-refractivity contribution in [3.63, 3.8) is 0 Å². The van der Waals surface area contributed by atoms with Crippen LogP contribution >= 0.6 is 23.2 Å². The van der Waals surface area contributed by atoms with Crippen LogP contribution in [0.1, 0.15) is 19.3 Å². The fraction of sp³-hybridized carbons (Fsp3) is 0.526. The molecular formula is C19H23Cl2N5O2. The van der Waals surface area contributed by atoms with Crippen molar-refractivity contribution in [3.8, 4) is 11.4 Å². The Bertz CT molecular complexity index is 809. The van der Waals surface area contributed by atoms with Crippen LogP contribution in [0, 0.1) is 0 Å². The monoisotopic (exact) mass is 423 g/mol. The number of anilines is 1. The molecule has 2 aliphatic rings. The molecule has 0 spiro atoms. The molecule has 4 rings (SSSR count). The van der Waals surface area contributed by atoms with Crippen LogP contribution in [-0.2, 0) is 4.79 Å². The van der Waals surface area contributed by atoms with Gasteiger partial charge in [-0.05, 0) is 37.5 Å². The van der Waals surface area contributed by atoms with E-state index in [4.69, 9.17) is 27.7 Å². The first-order chi connectivity index (χ1) is 13.6. The lowest BCUT2D eigenvalue weighted by molar-refractivity contribution is -0.133. The smallest absolute Gasteiger partial charge is 0.324 e. The fourth-order valence-electron chi connectivity index (χ4n) is 3.68. The Morgan fingerprint density at radius 2 is 1.64 bits per heavy atom. The fourth-order valence-corrected chi connectivity index (χ4v) is 4.20. The molecule has 2 aromatic rings. The largest absolute Gasteiger partial charge is 0.342 e. The molecule has 0 aliphatic carbocycles. The molecular weight excluding hydrogens is 401 g/mol. The van der Waals surface area contributed by atoms with Gasteiger partial charge in [0.2, 0.25) is 11.7 Å². The van der Waals surface area contributed by atoms with Gasteiger partial charge in [0.15, 0.2) is 0 Å². The molecule has 1 aromatic carbocycles. The van der Waals surface area contributed by atoms with Gasteiger partial charge in [-0.25, -0.2) is 0 Å². The van der Waals surface area contributed by atoms with Gasteiger partial charge in [0.05, 0.1) is 6.54 Å². The Labute approximate surface area is 174 Å². The molecule has 150 valence electrons. The van der Waals surface area contributed by atoms with Crippen molar-refractivity contribution in [2.75, 3.05) is 50.7 Å². The van der Waals surface area contributed by atoms with E-state index >= 15 is 0 Å². The van der Waals surface area contributed by atoms with Crippen molar-refractivity contribution >= 4 is 35.1 Å². The second-order valence-electron chi connectivity index (χ2n) is 7.26. The van der Waals surface area contributed by atoms with Gasteiger partial charge >= 0.3 is 6.01 Å². The summed E-state index contributed by atoms with van der Waals surface area (Å²) in [5.74, 6) is 0.702. The molecule has 0 radical (unpaired) electrons. The standard InChI is InChI=1S/C19H23Cl2N5O2/c20-15-10-14(11-16(21)12-15)18-22-19(28-23-18)26-8-6-24(7-9-26)13-17(27)25-4-2-1-3-5-25/h10-12H,1-9,13H2. The minimum Gasteiger partial charge on any atom is -0.342 e. The van der Waals surface area contributed by atoms with Crippen LogP contribution in [0.3, 0.4) is 0 Å². The number of piperazine rings is 1. The molecule has 2 saturated heterocycles. The SMILES string of the molecule is O=C(CN1CCN(c2nc(-c3cc(Cl)cc(Cl)c3)no2)CC1)N1CCCCC1. The van der Waals surface area contributed by atoms with Gasteiger partial charge in [-0.1, -0.05) is 28.4 Å². The summed E-state index contributed by atoms with van der Waals surface area (Å²) >= 11 is 12.1. The highest BCUT2D eigenvalue weighted by Gasteiger charge is 2.25. The minimum absolute atomic E-state index is 0.242. The van der Waals surface area contributed by atoms with E-state index in [2.05, 4.69) is 15.0 Å². The van der Waals surface area contributed by atoms with Crippen LogP contribution in [0.15, 0.2) is 22.7 Å². The van der Waals surface area contributed by atoms with Crippen molar-refractivity contribution in [3.05, 3.63) is 28.2 Å². The third-order valence-electron chi connectivity index (χ3n) is 5.25. The molecule has 0 unspecified atom stereocenters. The Kier molecular flexibility index (Phi) is 6.04. The van der Waals surface area contributed by atoms with Gasteiger partial charge < -0.3 is 14.3 Å². The number of carbonyl (C=O) groups excluding carboxylic acids is 1. The van der Waals surface area contributed by atoms with E-state index in [9.17, 15) is 4.79 Å². The van der Waals surface area contributed by atoms with Gasteiger partial charge in [-0.2, -0.15) is 4.98 Å². The maximum atomic E-state index is 12.4. The van der Waals surface area contributed by atoms with Crippen molar-refractivity contribution in [1.29, 1.82) is 0 Å². The molecule has 2 aliphatic heterocycles. The first-order valence-electron chi connectivity index (χ1n) is 9.64. The predicted molar refractivity (Wildman–Crippen MR) is 109 cm³/mol. The van der Waals surface area contributed by atoms with Gasteiger partial charge in [0.1, 0.15) is 0 Å². The molecule has 1 aromatic heterocycles. The van der Waals surface area contributed by atoms with E-state index in [1.165, 1.54) is 6.42 Å². The second-order valence-corrected chi connectivity index (χ2v) is 8.14. The molecule has 1 amide bonds. The number of amides is 1. The van der Waals surface area contributed by atoms with Crippen LogP contribution < -0.4 is 4.90 Å². The van der Waals surface area contributed by atoms with E-state index < -0.39 is 0 Å². The van der Waals surface area contributed by atoms with Crippen molar-refractivity contribution in [1.82, 2.24) is 19.9 Å². The number of nitrogens with zero attached hydrogens (tertiary/aromatic N) is 5. The number of aromatic nitrogens is 2. The van der Waals surface area contributed by atoms with E-state index in [0.717, 1.165) is 57.7 Å². The zero-order valence-corrected chi connectivity index (χ0v) is 17.1. The highest BCUT2D eigenvalue weighted by molar-refractivity contribution is 6.35. The highest BCUT2D eigenvalue weighted by Crippen LogP contribution is 2.27. The van der Waals surface area contributed by atoms with Crippen LogP contribution in [0.2, 0.25) is 10.0 Å². The van der Waals surface area contributed by atoms with Crippen LogP contribution in [0.4, 0.5) is 6.01 Å². The number of rotatable bonds is 4. The first kappa shape index (κ1) is 19.5. The predicted octanol–water partition coefficient (Wildman–Crippen LogP) is 3.18. The number of halogens is 2. The summed E-state index contributed by atoms with van der Waals surface area (Å²) in [4.78, 5) is 23.2. The summed E-state index contributed by atoms with van der Waals surface area (Å²) in [6, 6.07) is 5.66. The molecule has 3 heterocycles. The first-order valence-corrected chi connectivity index (χ1v) is 10.4.